The molecule has 4 N–H and O–H groups in total. The third-order valence-electron chi connectivity index (χ3n) is 4.70. The summed E-state index contributed by atoms with van der Waals surface area (Å²) in [6.45, 7) is 2.37. The van der Waals surface area contributed by atoms with E-state index in [9.17, 15) is 8.42 Å². The van der Waals surface area contributed by atoms with E-state index in [1.807, 2.05) is 30.3 Å². The molecule has 3 aromatic rings. The average molecular weight is 470 g/mol. The Labute approximate surface area is 191 Å². The first-order valence-electron chi connectivity index (χ1n) is 9.55. The molecule has 0 amide bonds. The van der Waals surface area contributed by atoms with Crippen LogP contribution in [0.3, 0.4) is 0 Å². The van der Waals surface area contributed by atoms with Gasteiger partial charge in [0.15, 0.2) is 0 Å². The first-order chi connectivity index (χ1) is 13.6. The summed E-state index contributed by atoms with van der Waals surface area (Å²) in [6.07, 6.45) is 1.99. The van der Waals surface area contributed by atoms with Gasteiger partial charge in [0.2, 0.25) is 10.0 Å². The Morgan fingerprint density at radius 3 is 2.13 bits per heavy atom. The number of nitrogens with two attached hydrogens (primary N) is 1. The summed E-state index contributed by atoms with van der Waals surface area (Å²) in [4.78, 5) is 0.298. The Morgan fingerprint density at radius 1 is 0.767 bits per heavy atom. The summed E-state index contributed by atoms with van der Waals surface area (Å²) in [5, 5.41) is 5.23. The van der Waals surface area contributed by atoms with Crippen molar-refractivity contribution in [3.63, 3.8) is 0 Å². The van der Waals surface area contributed by atoms with Crippen LogP contribution in [-0.4, -0.2) is 28.1 Å². The monoisotopic (exact) mass is 469 g/mol. The maximum atomic E-state index is 12.5. The van der Waals surface area contributed by atoms with E-state index in [4.69, 9.17) is 5.73 Å². The second-order valence-electron chi connectivity index (χ2n) is 6.78. The van der Waals surface area contributed by atoms with E-state index in [0.29, 0.717) is 24.5 Å². The third-order valence-corrected chi connectivity index (χ3v) is 6.16. The molecule has 0 aliphatic rings. The number of hydrogen-bond donors (Lipinski definition) is 3. The predicted molar refractivity (Wildman–Crippen MR) is 129 cm³/mol. The van der Waals surface area contributed by atoms with Crippen molar-refractivity contribution in [1.82, 2.24) is 10.0 Å². The molecule has 3 aromatic carbocycles. The Morgan fingerprint density at radius 2 is 1.43 bits per heavy atom. The molecule has 164 valence electrons. The second kappa shape index (κ2) is 12.9. The zero-order chi connectivity index (χ0) is 19.8. The number of fused-ring (bicyclic) bond motifs is 1. The SMILES string of the molecule is Cl.Cl.NCc1ccc(CCCNCCNS(=O)(=O)c2ccc3ccccc3c2)cc1. The fraction of sp³-hybridized carbons (Fsp3) is 0.273. The van der Waals surface area contributed by atoms with E-state index in [1.165, 1.54) is 5.56 Å². The Bertz CT molecular complexity index is 1010. The quantitative estimate of drug-likeness (QED) is 0.395. The molecule has 0 heterocycles. The molecule has 0 bridgehead atoms. The Balaban J connectivity index is 0.00000225. The van der Waals surface area contributed by atoms with Crippen molar-refractivity contribution in [3.8, 4) is 0 Å². The van der Waals surface area contributed by atoms with Gasteiger partial charge in [-0.05, 0) is 53.4 Å². The Hall–Kier alpha value is -1.67. The van der Waals surface area contributed by atoms with Crippen molar-refractivity contribution in [3.05, 3.63) is 77.9 Å². The molecule has 5 nitrogen and oxygen atoms in total. The highest BCUT2D eigenvalue weighted by molar-refractivity contribution is 7.89. The van der Waals surface area contributed by atoms with Crippen LogP contribution in [0.15, 0.2) is 71.6 Å². The number of rotatable bonds is 10. The number of sulfonamides is 1. The summed E-state index contributed by atoms with van der Waals surface area (Å²) in [5.41, 5.74) is 8.03. The molecule has 0 fully saturated rings. The average Bonchev–Trinajstić information content (AvgIpc) is 2.73. The first kappa shape index (κ1) is 26.4. The van der Waals surface area contributed by atoms with E-state index < -0.39 is 10.0 Å². The highest BCUT2D eigenvalue weighted by Crippen LogP contribution is 2.18. The summed E-state index contributed by atoms with van der Waals surface area (Å²) in [6, 6.07) is 21.3. The topological polar surface area (TPSA) is 84.2 Å². The van der Waals surface area contributed by atoms with Crippen molar-refractivity contribution >= 4 is 45.6 Å². The summed E-state index contributed by atoms with van der Waals surface area (Å²) < 4.78 is 27.6. The maximum absolute atomic E-state index is 12.5. The lowest BCUT2D eigenvalue weighted by Crippen LogP contribution is -2.32. The first-order valence-corrected chi connectivity index (χ1v) is 11.0. The molecule has 0 spiro atoms. The van der Waals surface area contributed by atoms with Crippen LogP contribution in [0.25, 0.3) is 10.8 Å². The number of halogens is 2. The molecular weight excluding hydrogens is 441 g/mol. The Kier molecular flexibility index (Phi) is 11.3. The number of nitrogens with one attached hydrogen (secondary N) is 2. The zero-order valence-corrected chi connectivity index (χ0v) is 19.2. The molecule has 0 saturated carbocycles. The van der Waals surface area contributed by atoms with Gasteiger partial charge < -0.3 is 11.1 Å². The minimum absolute atomic E-state index is 0. The van der Waals surface area contributed by atoms with Crippen LogP contribution in [0.4, 0.5) is 0 Å². The molecule has 8 heteroatoms. The van der Waals surface area contributed by atoms with Crippen LogP contribution in [0.1, 0.15) is 17.5 Å². The lowest BCUT2D eigenvalue weighted by molar-refractivity contribution is 0.574. The van der Waals surface area contributed by atoms with Gasteiger partial charge in [0.1, 0.15) is 0 Å². The zero-order valence-electron chi connectivity index (χ0n) is 16.7. The molecule has 0 saturated heterocycles. The van der Waals surface area contributed by atoms with Gasteiger partial charge in [-0.25, -0.2) is 13.1 Å². The summed E-state index contributed by atoms with van der Waals surface area (Å²) >= 11 is 0. The molecule has 30 heavy (non-hydrogen) atoms. The van der Waals surface area contributed by atoms with Gasteiger partial charge in [0, 0.05) is 19.6 Å². The molecule has 0 radical (unpaired) electrons. The smallest absolute Gasteiger partial charge is 0.240 e. The van der Waals surface area contributed by atoms with Crippen LogP contribution in [0.5, 0.6) is 0 Å². The molecule has 0 aliphatic carbocycles. The number of aryl methyl sites for hydroxylation is 1. The molecule has 3 rings (SSSR count). The van der Waals surface area contributed by atoms with Crippen LogP contribution >= 0.6 is 24.8 Å². The highest BCUT2D eigenvalue weighted by atomic mass is 35.5. The van der Waals surface area contributed by atoms with E-state index >= 15 is 0 Å². The van der Waals surface area contributed by atoms with Gasteiger partial charge in [-0.3, -0.25) is 0 Å². The van der Waals surface area contributed by atoms with E-state index in [2.05, 4.69) is 34.3 Å². The summed E-state index contributed by atoms with van der Waals surface area (Å²) in [5.74, 6) is 0. The van der Waals surface area contributed by atoms with Crippen molar-refractivity contribution in [2.75, 3.05) is 19.6 Å². The normalized spacial score (nSPS) is 11.0. The van der Waals surface area contributed by atoms with Crippen molar-refractivity contribution in [2.45, 2.75) is 24.3 Å². The predicted octanol–water partition coefficient (Wildman–Crippen LogP) is 3.64. The molecule has 0 aliphatic heterocycles. The van der Waals surface area contributed by atoms with E-state index in [1.54, 1.807) is 12.1 Å². The van der Waals surface area contributed by atoms with Gasteiger partial charge in [-0.1, -0.05) is 54.6 Å². The van der Waals surface area contributed by atoms with Crippen LogP contribution in [-0.2, 0) is 23.0 Å². The fourth-order valence-electron chi connectivity index (χ4n) is 3.08. The van der Waals surface area contributed by atoms with E-state index in [-0.39, 0.29) is 24.8 Å². The van der Waals surface area contributed by atoms with Gasteiger partial charge in [-0.15, -0.1) is 24.8 Å². The highest BCUT2D eigenvalue weighted by Gasteiger charge is 2.13. The number of hydrogen-bond acceptors (Lipinski definition) is 4. The lowest BCUT2D eigenvalue weighted by atomic mass is 10.1. The maximum Gasteiger partial charge on any atom is 0.240 e. The van der Waals surface area contributed by atoms with Crippen molar-refractivity contribution in [2.24, 2.45) is 5.73 Å². The fourth-order valence-corrected chi connectivity index (χ4v) is 4.14. The third kappa shape index (κ3) is 7.54. The molecular formula is C22H29Cl2N3O2S. The molecule has 0 atom stereocenters. The van der Waals surface area contributed by atoms with Crippen LogP contribution in [0, 0.1) is 0 Å². The minimum Gasteiger partial charge on any atom is -0.326 e. The molecule has 0 unspecified atom stereocenters. The minimum atomic E-state index is -3.49. The molecule has 0 aromatic heterocycles. The lowest BCUT2D eigenvalue weighted by Gasteiger charge is -2.09. The summed E-state index contributed by atoms with van der Waals surface area (Å²) in [7, 11) is -3.49. The van der Waals surface area contributed by atoms with Crippen molar-refractivity contribution < 1.29 is 8.42 Å². The van der Waals surface area contributed by atoms with Crippen LogP contribution < -0.4 is 15.8 Å². The van der Waals surface area contributed by atoms with Gasteiger partial charge >= 0.3 is 0 Å². The van der Waals surface area contributed by atoms with Crippen LogP contribution in [0.2, 0.25) is 0 Å². The van der Waals surface area contributed by atoms with Gasteiger partial charge in [-0.2, -0.15) is 0 Å². The van der Waals surface area contributed by atoms with E-state index in [0.717, 1.165) is 35.7 Å². The second-order valence-corrected chi connectivity index (χ2v) is 8.55. The van der Waals surface area contributed by atoms with Gasteiger partial charge in [0.05, 0.1) is 4.90 Å². The largest absolute Gasteiger partial charge is 0.326 e. The van der Waals surface area contributed by atoms with Crippen molar-refractivity contribution in [1.29, 1.82) is 0 Å². The standard InChI is InChI=1S/C22H27N3O2S.2ClH/c23-17-19-9-7-18(8-10-19)4-3-13-24-14-15-25-28(26,27)22-12-11-20-5-1-2-6-21(20)16-22;;/h1-2,5-12,16,24-25H,3-4,13-15,17,23H2;2*1H. The number of benzene rings is 3. The van der Waals surface area contributed by atoms with Gasteiger partial charge in [0.25, 0.3) is 0 Å².